The lowest BCUT2D eigenvalue weighted by Gasteiger charge is -2.22. The third-order valence-corrected chi connectivity index (χ3v) is 6.89. The van der Waals surface area contributed by atoms with Gasteiger partial charge in [0.1, 0.15) is 10.7 Å². The molecule has 1 fully saturated rings. The highest BCUT2D eigenvalue weighted by atomic mass is 32.2. The molecule has 0 radical (unpaired) electrons. The first-order chi connectivity index (χ1) is 16.5. The summed E-state index contributed by atoms with van der Waals surface area (Å²) in [7, 11) is -4.34. The van der Waals surface area contributed by atoms with E-state index in [1.807, 2.05) is 4.90 Å². The Balaban J connectivity index is 1.69. The molecule has 0 aromatic heterocycles. The number of alkyl halides is 3. The predicted octanol–water partition coefficient (Wildman–Crippen LogP) is 5.50. The maximum Gasteiger partial charge on any atom is 0.416 e. The summed E-state index contributed by atoms with van der Waals surface area (Å²) in [4.78, 5) is 14.2. The number of halogens is 4. The summed E-state index contributed by atoms with van der Waals surface area (Å²) in [6.45, 7) is 1.22. The predicted molar refractivity (Wildman–Crippen MR) is 124 cm³/mol. The highest BCUT2D eigenvalue weighted by molar-refractivity contribution is 7.92. The van der Waals surface area contributed by atoms with Gasteiger partial charge in [-0.25, -0.2) is 12.8 Å². The lowest BCUT2D eigenvalue weighted by atomic mass is 10.2. The minimum Gasteiger partial charge on any atom is -0.370 e. The van der Waals surface area contributed by atoms with Crippen molar-refractivity contribution >= 4 is 33.0 Å². The van der Waals surface area contributed by atoms with Crippen molar-refractivity contribution < 1.29 is 30.8 Å². The summed E-state index contributed by atoms with van der Waals surface area (Å²) >= 11 is 0. The normalized spacial score (nSPS) is 14.1. The second kappa shape index (κ2) is 9.57. The molecular formula is C24H21F4N3O3S. The lowest BCUT2D eigenvalue weighted by molar-refractivity contribution is -0.137. The van der Waals surface area contributed by atoms with Crippen LogP contribution in [0.25, 0.3) is 0 Å². The topological polar surface area (TPSA) is 78.5 Å². The van der Waals surface area contributed by atoms with Crippen molar-refractivity contribution in [1.82, 2.24) is 0 Å². The van der Waals surface area contributed by atoms with Crippen LogP contribution in [0, 0.1) is 5.82 Å². The van der Waals surface area contributed by atoms with Crippen molar-refractivity contribution in [2.45, 2.75) is 23.9 Å². The fourth-order valence-electron chi connectivity index (χ4n) is 3.83. The van der Waals surface area contributed by atoms with Crippen LogP contribution in [0.2, 0.25) is 0 Å². The molecule has 2 N–H and O–H groups in total. The molecule has 4 rings (SSSR count). The van der Waals surface area contributed by atoms with Crippen molar-refractivity contribution in [3.8, 4) is 0 Å². The largest absolute Gasteiger partial charge is 0.416 e. The van der Waals surface area contributed by atoms with Crippen LogP contribution in [0.4, 0.5) is 34.6 Å². The minimum atomic E-state index is -4.64. The van der Waals surface area contributed by atoms with Crippen LogP contribution < -0.4 is 14.9 Å². The zero-order chi connectivity index (χ0) is 25.2. The van der Waals surface area contributed by atoms with E-state index in [4.69, 9.17) is 0 Å². The smallest absolute Gasteiger partial charge is 0.370 e. The zero-order valence-electron chi connectivity index (χ0n) is 18.3. The molecule has 1 aliphatic heterocycles. The first-order valence-electron chi connectivity index (χ1n) is 10.7. The van der Waals surface area contributed by atoms with Gasteiger partial charge < -0.3 is 10.2 Å². The second-order valence-electron chi connectivity index (χ2n) is 8.03. The van der Waals surface area contributed by atoms with Gasteiger partial charge in [-0.15, -0.1) is 0 Å². The first-order valence-corrected chi connectivity index (χ1v) is 12.2. The van der Waals surface area contributed by atoms with Crippen molar-refractivity contribution in [3.05, 3.63) is 83.7 Å². The molecule has 0 atom stereocenters. The van der Waals surface area contributed by atoms with Crippen LogP contribution in [0.1, 0.15) is 28.8 Å². The minimum absolute atomic E-state index is 0.0418. The summed E-state index contributed by atoms with van der Waals surface area (Å²) in [6.07, 6.45) is -2.92. The second-order valence-corrected chi connectivity index (χ2v) is 9.68. The highest BCUT2D eigenvalue weighted by Gasteiger charge is 2.31. The number of carbonyl (C=O) groups is 1. The zero-order valence-corrected chi connectivity index (χ0v) is 19.1. The van der Waals surface area contributed by atoms with Gasteiger partial charge >= 0.3 is 6.18 Å². The molecule has 1 aliphatic rings. The van der Waals surface area contributed by atoms with Gasteiger partial charge in [0.05, 0.1) is 11.3 Å². The average Bonchev–Trinajstić information content (AvgIpc) is 3.33. The van der Waals surface area contributed by atoms with E-state index in [1.165, 1.54) is 42.5 Å². The van der Waals surface area contributed by atoms with Crippen LogP contribution in [-0.4, -0.2) is 27.4 Å². The van der Waals surface area contributed by atoms with Gasteiger partial charge in [-0.2, -0.15) is 13.2 Å². The van der Waals surface area contributed by atoms with Crippen molar-refractivity contribution in [3.63, 3.8) is 0 Å². The third-order valence-electron chi connectivity index (χ3n) is 5.48. The molecule has 11 heteroatoms. The molecule has 0 bridgehead atoms. The van der Waals surface area contributed by atoms with E-state index >= 15 is 0 Å². The Morgan fingerprint density at radius 1 is 0.886 bits per heavy atom. The third kappa shape index (κ3) is 5.73. The van der Waals surface area contributed by atoms with Gasteiger partial charge in [-0.05, 0) is 67.4 Å². The molecular weight excluding hydrogens is 486 g/mol. The number of rotatable bonds is 6. The Morgan fingerprint density at radius 3 is 2.29 bits per heavy atom. The Labute approximate surface area is 199 Å². The van der Waals surface area contributed by atoms with Gasteiger partial charge in [0.25, 0.3) is 15.9 Å². The summed E-state index contributed by atoms with van der Waals surface area (Å²) < 4.78 is 81.6. The average molecular weight is 508 g/mol. The number of carbonyl (C=O) groups excluding carboxylic acids is 1. The van der Waals surface area contributed by atoms with Crippen molar-refractivity contribution in [2.24, 2.45) is 0 Å². The molecule has 1 heterocycles. The van der Waals surface area contributed by atoms with E-state index in [0.717, 1.165) is 31.0 Å². The molecule has 0 unspecified atom stereocenters. The van der Waals surface area contributed by atoms with E-state index in [2.05, 4.69) is 10.0 Å². The number of nitrogens with zero attached hydrogens (tertiary/aromatic N) is 1. The molecule has 3 aromatic carbocycles. The maximum absolute atomic E-state index is 13.5. The molecule has 0 aliphatic carbocycles. The number of sulfonamides is 1. The Bertz CT molecular complexity index is 1350. The number of anilines is 3. The molecule has 1 saturated heterocycles. The highest BCUT2D eigenvalue weighted by Crippen LogP contribution is 2.34. The van der Waals surface area contributed by atoms with Gasteiger partial charge in [0, 0.05) is 30.0 Å². The first kappa shape index (κ1) is 24.5. The van der Waals surface area contributed by atoms with Gasteiger partial charge in [0.15, 0.2) is 0 Å². The van der Waals surface area contributed by atoms with Gasteiger partial charge in [-0.1, -0.05) is 12.1 Å². The molecule has 0 saturated carbocycles. The van der Waals surface area contributed by atoms with E-state index in [-0.39, 0.29) is 21.8 Å². The summed E-state index contributed by atoms with van der Waals surface area (Å²) in [5, 5.41) is 2.54. The Hall–Kier alpha value is -3.60. The van der Waals surface area contributed by atoms with Crippen LogP contribution in [-0.2, 0) is 16.2 Å². The molecule has 6 nitrogen and oxygen atoms in total. The number of benzene rings is 3. The summed E-state index contributed by atoms with van der Waals surface area (Å²) in [5.41, 5.74) is -0.701. The summed E-state index contributed by atoms with van der Waals surface area (Å²) in [6, 6.07) is 13.2. The SMILES string of the molecule is O=C(Nc1ccc(N2CCCC2)c(S(=O)(=O)Nc2cccc(C(F)(F)F)c2)c1)c1cccc(F)c1. The molecule has 0 spiro atoms. The molecule has 1 amide bonds. The van der Waals surface area contributed by atoms with Gasteiger partial charge in [-0.3, -0.25) is 9.52 Å². The van der Waals surface area contributed by atoms with Gasteiger partial charge in [0.2, 0.25) is 0 Å². The fourth-order valence-corrected chi connectivity index (χ4v) is 5.13. The number of amides is 1. The molecule has 3 aromatic rings. The van der Waals surface area contributed by atoms with E-state index < -0.39 is 33.5 Å². The lowest BCUT2D eigenvalue weighted by Crippen LogP contribution is -2.23. The van der Waals surface area contributed by atoms with Crippen LogP contribution in [0.5, 0.6) is 0 Å². The number of nitrogens with one attached hydrogen (secondary N) is 2. The van der Waals surface area contributed by atoms with E-state index in [1.54, 1.807) is 0 Å². The van der Waals surface area contributed by atoms with Crippen LogP contribution in [0.15, 0.2) is 71.6 Å². The Morgan fingerprint density at radius 2 is 1.60 bits per heavy atom. The van der Waals surface area contributed by atoms with E-state index in [9.17, 15) is 30.8 Å². The number of hydrogen-bond donors (Lipinski definition) is 2. The molecule has 35 heavy (non-hydrogen) atoms. The summed E-state index contributed by atoms with van der Waals surface area (Å²) in [5.74, 6) is -1.25. The Kier molecular flexibility index (Phi) is 6.70. The monoisotopic (exact) mass is 507 g/mol. The maximum atomic E-state index is 13.5. The van der Waals surface area contributed by atoms with Crippen molar-refractivity contribution in [1.29, 1.82) is 0 Å². The standard InChI is InChI=1S/C24H21F4N3O3S/c25-18-7-3-5-16(13-18)23(32)29-19-9-10-21(31-11-1-2-12-31)22(15-19)35(33,34)30-20-8-4-6-17(14-20)24(26,27)28/h3-10,13-15,30H,1-2,11-12H2,(H,29,32). The van der Waals surface area contributed by atoms with Crippen LogP contribution in [0.3, 0.4) is 0 Å². The van der Waals surface area contributed by atoms with Crippen molar-refractivity contribution in [2.75, 3.05) is 28.0 Å². The fraction of sp³-hybridized carbons (Fsp3) is 0.208. The van der Waals surface area contributed by atoms with Crippen LogP contribution >= 0.6 is 0 Å². The van der Waals surface area contributed by atoms with E-state index in [0.29, 0.717) is 24.8 Å². The number of hydrogen-bond acceptors (Lipinski definition) is 4. The molecule has 184 valence electrons. The quantitative estimate of drug-likeness (QED) is 0.432.